The van der Waals surface area contributed by atoms with E-state index < -0.39 is 0 Å². The molecule has 0 radical (unpaired) electrons. The van der Waals surface area contributed by atoms with Gasteiger partial charge in [-0.05, 0) is 48.8 Å². The molecule has 4 heteroatoms. The molecule has 0 spiro atoms. The summed E-state index contributed by atoms with van der Waals surface area (Å²) in [5.74, 6) is 1.05. The molecule has 4 nitrogen and oxygen atoms in total. The van der Waals surface area contributed by atoms with E-state index in [4.69, 9.17) is 0 Å². The van der Waals surface area contributed by atoms with Crippen LogP contribution in [0.3, 0.4) is 0 Å². The Bertz CT molecular complexity index is 551. The quantitative estimate of drug-likeness (QED) is 0.867. The predicted octanol–water partition coefficient (Wildman–Crippen LogP) is 3.58. The van der Waals surface area contributed by atoms with Crippen LogP contribution in [0.4, 0.5) is 0 Å². The van der Waals surface area contributed by atoms with Gasteiger partial charge in [-0.1, -0.05) is 32.9 Å². The minimum absolute atomic E-state index is 0.106. The summed E-state index contributed by atoms with van der Waals surface area (Å²) in [5, 5.41) is 3.00. The van der Waals surface area contributed by atoms with Gasteiger partial charge in [0.1, 0.15) is 0 Å². The van der Waals surface area contributed by atoms with E-state index in [0.717, 1.165) is 37.9 Å². The fraction of sp³-hybridized carbons (Fsp3) is 0.600. The Hall–Kier alpha value is -1.84. The third-order valence-electron chi connectivity index (χ3n) is 4.70. The molecule has 1 aliphatic heterocycles. The molecule has 0 unspecified atom stereocenters. The van der Waals surface area contributed by atoms with E-state index in [1.54, 1.807) is 0 Å². The average molecular weight is 330 g/mol. The summed E-state index contributed by atoms with van der Waals surface area (Å²) >= 11 is 0. The molecule has 1 saturated heterocycles. The van der Waals surface area contributed by atoms with Crippen LogP contribution in [0.15, 0.2) is 24.3 Å². The molecule has 0 bridgehead atoms. The van der Waals surface area contributed by atoms with Crippen molar-refractivity contribution in [3.05, 3.63) is 35.4 Å². The highest BCUT2D eigenvalue weighted by atomic mass is 16.2. The van der Waals surface area contributed by atoms with Gasteiger partial charge in [-0.2, -0.15) is 0 Å². The Morgan fingerprint density at radius 1 is 1.25 bits per heavy atom. The molecule has 1 aromatic carbocycles. The maximum atomic E-state index is 12.7. The number of hydrogen-bond acceptors (Lipinski definition) is 2. The van der Waals surface area contributed by atoms with E-state index in [1.165, 1.54) is 5.56 Å². The van der Waals surface area contributed by atoms with E-state index in [1.807, 2.05) is 36.1 Å². The number of hydrogen-bond donors (Lipinski definition) is 1. The van der Waals surface area contributed by atoms with Gasteiger partial charge in [0.05, 0.1) is 0 Å². The molecule has 1 atom stereocenters. The molecule has 2 amide bonds. The Labute approximate surface area is 145 Å². The van der Waals surface area contributed by atoms with Crippen LogP contribution in [0, 0.1) is 5.92 Å². The zero-order chi connectivity index (χ0) is 17.5. The number of rotatable bonds is 6. The van der Waals surface area contributed by atoms with Crippen molar-refractivity contribution in [2.75, 3.05) is 19.6 Å². The molecule has 0 aromatic heterocycles. The first kappa shape index (κ1) is 18.5. The highest BCUT2D eigenvalue weighted by Crippen LogP contribution is 2.20. The molecular formula is C20H30N2O2. The zero-order valence-corrected chi connectivity index (χ0v) is 15.2. The van der Waals surface area contributed by atoms with Crippen molar-refractivity contribution in [3.8, 4) is 0 Å². The second-order valence-corrected chi connectivity index (χ2v) is 7.09. The largest absolute Gasteiger partial charge is 0.356 e. The lowest BCUT2D eigenvalue weighted by Gasteiger charge is -2.33. The third kappa shape index (κ3) is 5.08. The van der Waals surface area contributed by atoms with Crippen LogP contribution in [0.5, 0.6) is 0 Å². The van der Waals surface area contributed by atoms with Crippen molar-refractivity contribution in [2.45, 2.75) is 52.4 Å². The maximum Gasteiger partial charge on any atom is 0.253 e. The Balaban J connectivity index is 1.91. The average Bonchev–Trinajstić information content (AvgIpc) is 2.60. The molecule has 1 heterocycles. The molecular weight excluding hydrogens is 300 g/mol. The van der Waals surface area contributed by atoms with Gasteiger partial charge in [0.15, 0.2) is 0 Å². The minimum Gasteiger partial charge on any atom is -0.356 e. The van der Waals surface area contributed by atoms with Crippen molar-refractivity contribution < 1.29 is 9.59 Å². The van der Waals surface area contributed by atoms with Crippen LogP contribution in [-0.4, -0.2) is 36.3 Å². The number of likely N-dealkylation sites (tertiary alicyclic amines) is 1. The highest BCUT2D eigenvalue weighted by Gasteiger charge is 2.24. The second-order valence-electron chi connectivity index (χ2n) is 7.09. The predicted molar refractivity (Wildman–Crippen MR) is 97.1 cm³/mol. The number of carbonyl (C=O) groups is 2. The first-order valence-electron chi connectivity index (χ1n) is 9.17. The van der Waals surface area contributed by atoms with Crippen LogP contribution >= 0.6 is 0 Å². The smallest absolute Gasteiger partial charge is 0.253 e. The van der Waals surface area contributed by atoms with E-state index >= 15 is 0 Å². The van der Waals surface area contributed by atoms with Gasteiger partial charge in [0.25, 0.3) is 5.91 Å². The molecule has 1 aliphatic rings. The summed E-state index contributed by atoms with van der Waals surface area (Å²) < 4.78 is 0. The molecule has 24 heavy (non-hydrogen) atoms. The maximum absolute atomic E-state index is 12.7. The summed E-state index contributed by atoms with van der Waals surface area (Å²) in [6.07, 6.45) is 3.53. The number of piperidine rings is 1. The summed E-state index contributed by atoms with van der Waals surface area (Å²) in [6.45, 7) is 8.53. The van der Waals surface area contributed by atoms with Gasteiger partial charge in [-0.3, -0.25) is 9.59 Å². The van der Waals surface area contributed by atoms with Crippen LogP contribution in [0.25, 0.3) is 0 Å². The molecule has 1 fully saturated rings. The topological polar surface area (TPSA) is 49.4 Å². The van der Waals surface area contributed by atoms with Crippen molar-refractivity contribution in [3.63, 3.8) is 0 Å². The van der Waals surface area contributed by atoms with E-state index in [9.17, 15) is 9.59 Å². The molecule has 132 valence electrons. The lowest BCUT2D eigenvalue weighted by molar-refractivity contribution is -0.121. The molecule has 2 rings (SSSR count). The number of benzene rings is 1. The lowest BCUT2D eigenvalue weighted by atomic mass is 9.96. The van der Waals surface area contributed by atoms with Crippen molar-refractivity contribution >= 4 is 11.8 Å². The summed E-state index contributed by atoms with van der Waals surface area (Å²) in [5.41, 5.74) is 2.01. The fourth-order valence-electron chi connectivity index (χ4n) is 3.18. The van der Waals surface area contributed by atoms with E-state index in [-0.39, 0.29) is 11.8 Å². The highest BCUT2D eigenvalue weighted by molar-refractivity contribution is 5.94. The van der Waals surface area contributed by atoms with Crippen molar-refractivity contribution in [1.82, 2.24) is 10.2 Å². The number of nitrogens with one attached hydrogen (secondary N) is 1. The van der Waals surface area contributed by atoms with Crippen LogP contribution in [0.2, 0.25) is 0 Å². The summed E-state index contributed by atoms with van der Waals surface area (Å²) in [4.78, 5) is 26.3. The van der Waals surface area contributed by atoms with Crippen molar-refractivity contribution in [2.24, 2.45) is 5.92 Å². The Morgan fingerprint density at radius 2 is 1.96 bits per heavy atom. The third-order valence-corrected chi connectivity index (χ3v) is 4.70. The van der Waals surface area contributed by atoms with Gasteiger partial charge in [0, 0.05) is 31.6 Å². The Morgan fingerprint density at radius 3 is 2.58 bits per heavy atom. The van der Waals surface area contributed by atoms with Gasteiger partial charge in [-0.15, -0.1) is 0 Å². The van der Waals surface area contributed by atoms with Crippen LogP contribution < -0.4 is 5.32 Å². The number of carbonyl (C=O) groups excluding carboxylic acids is 2. The minimum atomic E-state index is 0.106. The van der Waals surface area contributed by atoms with E-state index in [0.29, 0.717) is 24.8 Å². The van der Waals surface area contributed by atoms with Gasteiger partial charge < -0.3 is 10.2 Å². The van der Waals surface area contributed by atoms with Crippen molar-refractivity contribution in [1.29, 1.82) is 0 Å². The standard InChI is InChI=1S/C20H30N2O2/c1-4-6-19(23)21-13-16-7-5-12-22(14-16)20(24)18-10-8-17(9-11-18)15(2)3/h8-11,15-16H,4-7,12-14H2,1-3H3,(H,21,23)/t16-/m0/s1. The molecule has 0 saturated carbocycles. The lowest BCUT2D eigenvalue weighted by Crippen LogP contribution is -2.43. The SMILES string of the molecule is CCCC(=O)NC[C@@H]1CCCN(C(=O)c2ccc(C(C)C)cc2)C1. The van der Waals surface area contributed by atoms with Crippen LogP contribution in [0.1, 0.15) is 68.3 Å². The first-order valence-corrected chi connectivity index (χ1v) is 9.17. The van der Waals surface area contributed by atoms with Gasteiger partial charge in [-0.25, -0.2) is 0 Å². The van der Waals surface area contributed by atoms with Gasteiger partial charge in [0.2, 0.25) is 5.91 Å². The van der Waals surface area contributed by atoms with Gasteiger partial charge >= 0.3 is 0 Å². The first-order chi connectivity index (χ1) is 11.5. The number of amides is 2. The normalized spacial score (nSPS) is 17.8. The van der Waals surface area contributed by atoms with Crippen LogP contribution in [-0.2, 0) is 4.79 Å². The Kier molecular flexibility index (Phi) is 6.83. The van der Waals surface area contributed by atoms with E-state index in [2.05, 4.69) is 19.2 Å². The number of nitrogens with zero attached hydrogens (tertiary/aromatic N) is 1. The second kappa shape index (κ2) is 8.86. The summed E-state index contributed by atoms with van der Waals surface area (Å²) in [7, 11) is 0. The monoisotopic (exact) mass is 330 g/mol. The molecule has 1 aromatic rings. The fourth-order valence-corrected chi connectivity index (χ4v) is 3.18. The molecule has 1 N–H and O–H groups in total. The molecule has 0 aliphatic carbocycles. The summed E-state index contributed by atoms with van der Waals surface area (Å²) in [6, 6.07) is 7.96. The zero-order valence-electron chi connectivity index (χ0n) is 15.2.